The third-order valence-electron chi connectivity index (χ3n) is 8.06. The number of carboxylic acids is 1. The van der Waals surface area contributed by atoms with Crippen molar-refractivity contribution >= 4 is 48.0 Å². The van der Waals surface area contributed by atoms with Crippen LogP contribution in [0.15, 0.2) is 42.5 Å². The minimum absolute atomic E-state index is 0.00114. The van der Waals surface area contributed by atoms with E-state index >= 15 is 0 Å². The highest BCUT2D eigenvalue weighted by molar-refractivity contribution is 6.01. The maximum absolute atomic E-state index is 13.3. The molecule has 53 heavy (non-hydrogen) atoms. The fourth-order valence-electron chi connectivity index (χ4n) is 5.35. The van der Waals surface area contributed by atoms with E-state index in [1.807, 2.05) is 20.8 Å². The molecular weight excluding hydrogens is 692 g/mol. The maximum Gasteiger partial charge on any atom is 0.332 e. The number of cyclic esters (lactones) is 2. The van der Waals surface area contributed by atoms with E-state index in [1.165, 1.54) is 45.2 Å². The number of phenols is 1. The molecule has 0 aliphatic carbocycles. The number of amides is 2. The molecule has 1 fully saturated rings. The second-order valence-electron chi connectivity index (χ2n) is 12.6. The van der Waals surface area contributed by atoms with E-state index in [9.17, 15) is 33.9 Å². The molecule has 2 aromatic rings. The van der Waals surface area contributed by atoms with Crippen molar-refractivity contribution in [3.63, 3.8) is 0 Å². The SMILES string of the molecule is CCCCCC1C(=O)OC(C)C(NC(=O)c2cccc(NC=O)c2O)C(=O)OC(C)C1OC(=O)CC(C)C.COc1ccc(C=CC(=O)O)cc1OC. The highest BCUT2D eigenvalue weighted by Gasteiger charge is 2.44. The molecule has 1 heterocycles. The number of para-hydroxylation sites is 1. The van der Waals surface area contributed by atoms with Crippen molar-refractivity contribution in [1.82, 2.24) is 5.32 Å². The zero-order valence-corrected chi connectivity index (χ0v) is 31.1. The van der Waals surface area contributed by atoms with Crippen LogP contribution < -0.4 is 20.1 Å². The first-order valence-electron chi connectivity index (χ1n) is 17.2. The Morgan fingerprint density at radius 3 is 2.25 bits per heavy atom. The highest BCUT2D eigenvalue weighted by atomic mass is 16.6. The van der Waals surface area contributed by atoms with Crippen LogP contribution in [0.5, 0.6) is 17.2 Å². The highest BCUT2D eigenvalue weighted by Crippen LogP contribution is 2.30. The first-order valence-corrected chi connectivity index (χ1v) is 17.2. The standard InChI is InChI=1S/C27H38N2O9.C11H12O4/c1-6-7-8-10-19-24(38-21(31)13-15(2)3)17(5)37-27(35)22(16(4)36-26(19)34)29-25(33)18-11-9-12-20(23(18)32)28-14-30;1-14-9-5-3-8(4-6-11(12)13)7-10(9)15-2/h9,11-12,14-17,19,22,24,32H,6-8,10,13H2,1-5H3,(H,28,30)(H,29,33);3-7H,1-2H3,(H,12,13). The number of benzene rings is 2. The van der Waals surface area contributed by atoms with Crippen molar-refractivity contribution < 1.29 is 62.7 Å². The molecule has 0 saturated carbocycles. The summed E-state index contributed by atoms with van der Waals surface area (Å²) in [5, 5.41) is 23.6. The van der Waals surface area contributed by atoms with Crippen molar-refractivity contribution in [2.75, 3.05) is 19.5 Å². The van der Waals surface area contributed by atoms with Crippen LogP contribution in [0.25, 0.3) is 6.08 Å². The van der Waals surface area contributed by atoms with Gasteiger partial charge >= 0.3 is 23.9 Å². The lowest BCUT2D eigenvalue weighted by Crippen LogP contribution is -2.50. The van der Waals surface area contributed by atoms with Crippen LogP contribution >= 0.6 is 0 Å². The van der Waals surface area contributed by atoms with E-state index in [0.29, 0.717) is 30.8 Å². The molecule has 5 unspecified atom stereocenters. The van der Waals surface area contributed by atoms with E-state index < -0.39 is 65.8 Å². The lowest BCUT2D eigenvalue weighted by Gasteiger charge is -2.29. The van der Waals surface area contributed by atoms with Gasteiger partial charge in [0.15, 0.2) is 29.4 Å². The number of carboxylic acid groups (broad SMARTS) is 1. The zero-order valence-electron chi connectivity index (χ0n) is 31.1. The number of aliphatic carboxylic acids is 1. The molecule has 1 saturated heterocycles. The molecule has 2 amide bonds. The fourth-order valence-corrected chi connectivity index (χ4v) is 5.35. The molecule has 1 aliphatic rings. The Bertz CT molecular complexity index is 1610. The van der Waals surface area contributed by atoms with Crippen molar-refractivity contribution in [2.45, 2.75) is 91.1 Å². The topological polar surface area (TPSA) is 213 Å². The molecule has 15 heteroatoms. The summed E-state index contributed by atoms with van der Waals surface area (Å²) in [4.78, 5) is 73.0. The number of esters is 3. The van der Waals surface area contributed by atoms with E-state index in [2.05, 4.69) is 10.6 Å². The fraction of sp³-hybridized carbons (Fsp3) is 0.474. The number of ether oxygens (including phenoxy) is 5. The average molecular weight is 743 g/mol. The van der Waals surface area contributed by atoms with Gasteiger partial charge in [0.05, 0.1) is 31.4 Å². The summed E-state index contributed by atoms with van der Waals surface area (Å²) in [7, 11) is 3.08. The minimum atomic E-state index is -1.42. The van der Waals surface area contributed by atoms with Crippen LogP contribution in [-0.2, 0) is 38.2 Å². The van der Waals surface area contributed by atoms with E-state index in [-0.39, 0.29) is 23.6 Å². The number of unbranched alkanes of at least 4 members (excludes halogenated alkanes) is 2. The van der Waals surface area contributed by atoms with Gasteiger partial charge in [-0.15, -0.1) is 0 Å². The summed E-state index contributed by atoms with van der Waals surface area (Å²) in [6.45, 7) is 8.70. The van der Waals surface area contributed by atoms with Crippen molar-refractivity contribution in [2.24, 2.45) is 11.8 Å². The molecular formula is C38H50N2O13. The Morgan fingerprint density at radius 1 is 0.962 bits per heavy atom. The number of nitrogens with one attached hydrogen (secondary N) is 2. The van der Waals surface area contributed by atoms with Gasteiger partial charge in [0.2, 0.25) is 6.41 Å². The lowest BCUT2D eigenvalue weighted by molar-refractivity contribution is -0.175. The summed E-state index contributed by atoms with van der Waals surface area (Å²) in [5.74, 6) is -4.07. The lowest BCUT2D eigenvalue weighted by atomic mass is 9.92. The van der Waals surface area contributed by atoms with Gasteiger partial charge in [0.25, 0.3) is 5.91 Å². The van der Waals surface area contributed by atoms with Crippen LogP contribution in [0, 0.1) is 11.8 Å². The van der Waals surface area contributed by atoms with Crippen molar-refractivity contribution in [3.8, 4) is 17.2 Å². The first-order chi connectivity index (χ1) is 25.2. The summed E-state index contributed by atoms with van der Waals surface area (Å²) in [6.07, 6.45) is 2.62. The van der Waals surface area contributed by atoms with Gasteiger partial charge in [-0.05, 0) is 62.1 Å². The number of carbonyl (C=O) groups is 6. The van der Waals surface area contributed by atoms with Crippen LogP contribution in [0.3, 0.4) is 0 Å². The maximum atomic E-state index is 13.3. The quantitative estimate of drug-likeness (QED) is 0.0478. The third kappa shape index (κ3) is 13.5. The summed E-state index contributed by atoms with van der Waals surface area (Å²) >= 11 is 0. The second-order valence-corrected chi connectivity index (χ2v) is 12.6. The van der Waals surface area contributed by atoms with Gasteiger partial charge in [-0.2, -0.15) is 0 Å². The molecule has 2 aromatic carbocycles. The van der Waals surface area contributed by atoms with Gasteiger partial charge in [-0.3, -0.25) is 19.2 Å². The normalized spacial score (nSPS) is 20.0. The minimum Gasteiger partial charge on any atom is -0.505 e. The zero-order chi connectivity index (χ0) is 39.7. The molecule has 0 spiro atoms. The predicted molar refractivity (Wildman–Crippen MR) is 193 cm³/mol. The molecule has 0 radical (unpaired) electrons. The van der Waals surface area contributed by atoms with E-state index in [1.54, 1.807) is 25.3 Å². The van der Waals surface area contributed by atoms with Gasteiger partial charge in [0.1, 0.15) is 12.2 Å². The number of anilines is 1. The number of aromatic hydroxyl groups is 1. The summed E-state index contributed by atoms with van der Waals surface area (Å²) < 4.78 is 27.0. The summed E-state index contributed by atoms with van der Waals surface area (Å²) in [5.41, 5.74) is 0.530. The molecule has 3 rings (SSSR count). The second kappa shape index (κ2) is 21.7. The number of hydrogen-bond acceptors (Lipinski definition) is 12. The molecule has 0 bridgehead atoms. The molecule has 0 aromatic heterocycles. The molecule has 1 aliphatic heterocycles. The van der Waals surface area contributed by atoms with Crippen molar-refractivity contribution in [3.05, 3.63) is 53.6 Å². The Balaban J connectivity index is 0.000000539. The number of phenolic OH excluding ortho intramolecular Hbond substituents is 1. The van der Waals surface area contributed by atoms with Crippen LogP contribution in [-0.4, -0.2) is 85.0 Å². The average Bonchev–Trinajstić information content (AvgIpc) is 3.13. The molecule has 5 atom stereocenters. The van der Waals surface area contributed by atoms with Gasteiger partial charge < -0.3 is 44.5 Å². The van der Waals surface area contributed by atoms with Gasteiger partial charge in [0, 0.05) is 12.5 Å². The largest absolute Gasteiger partial charge is 0.505 e. The van der Waals surface area contributed by atoms with Crippen LogP contribution in [0.4, 0.5) is 5.69 Å². The van der Waals surface area contributed by atoms with E-state index in [0.717, 1.165) is 24.5 Å². The first kappa shape index (κ1) is 43.6. The number of methoxy groups -OCH3 is 2. The number of rotatable bonds is 15. The molecule has 15 nitrogen and oxygen atoms in total. The number of carbonyl (C=O) groups excluding carboxylic acids is 5. The van der Waals surface area contributed by atoms with E-state index in [4.69, 9.17) is 28.8 Å². The van der Waals surface area contributed by atoms with Gasteiger partial charge in [-0.25, -0.2) is 9.59 Å². The Kier molecular flexibility index (Phi) is 17.8. The van der Waals surface area contributed by atoms with Gasteiger partial charge in [-0.1, -0.05) is 52.2 Å². The molecule has 290 valence electrons. The van der Waals surface area contributed by atoms with Crippen LogP contribution in [0.2, 0.25) is 0 Å². The number of hydrogen-bond donors (Lipinski definition) is 4. The summed E-state index contributed by atoms with van der Waals surface area (Å²) in [6, 6.07) is 7.89. The van der Waals surface area contributed by atoms with Crippen LogP contribution in [0.1, 0.15) is 82.6 Å². The smallest absolute Gasteiger partial charge is 0.332 e. The van der Waals surface area contributed by atoms with Crippen molar-refractivity contribution in [1.29, 1.82) is 0 Å². The Labute approximate surface area is 309 Å². The monoisotopic (exact) mass is 742 g/mol. The third-order valence-corrected chi connectivity index (χ3v) is 8.06. The predicted octanol–water partition coefficient (Wildman–Crippen LogP) is 4.89. The Hall–Kier alpha value is -5.60. The molecule has 4 N–H and O–H groups in total. The Morgan fingerprint density at radius 2 is 1.64 bits per heavy atom.